The van der Waals surface area contributed by atoms with Gasteiger partial charge in [-0.15, -0.1) is 0 Å². The van der Waals surface area contributed by atoms with Crippen molar-refractivity contribution in [1.29, 1.82) is 0 Å². The fraction of sp³-hybridized carbons (Fsp3) is 0.167. The molecule has 0 aliphatic heterocycles. The second-order valence-corrected chi connectivity index (χ2v) is 4.96. The molecule has 1 aromatic heterocycles. The number of nitrogens with zero attached hydrogens (tertiary/aromatic N) is 2. The van der Waals surface area contributed by atoms with Crippen LogP contribution < -0.4 is 5.56 Å². The summed E-state index contributed by atoms with van der Waals surface area (Å²) in [5, 5.41) is 2.48. The van der Waals surface area contributed by atoms with Crippen LogP contribution in [0.15, 0.2) is 28.0 Å². The summed E-state index contributed by atoms with van der Waals surface area (Å²) in [6.45, 7) is 0. The predicted octanol–water partition coefficient (Wildman–Crippen LogP) is 3.79. The van der Waals surface area contributed by atoms with Gasteiger partial charge in [0, 0.05) is 18.3 Å². The van der Waals surface area contributed by atoms with Gasteiger partial charge in [-0.25, -0.2) is 0 Å². The fourth-order valence-electron chi connectivity index (χ4n) is 1.62. The third-order valence-corrected chi connectivity index (χ3v) is 3.15. The Morgan fingerprint density at radius 1 is 1.33 bits per heavy atom. The Labute approximate surface area is 126 Å². The van der Waals surface area contributed by atoms with Gasteiger partial charge in [0.05, 0.1) is 16.3 Å². The average Bonchev–Trinajstić information content (AvgIpc) is 2.65. The number of aryl methyl sites for hydroxylation is 1. The maximum Gasteiger partial charge on any atom is 0.433 e. The van der Waals surface area contributed by atoms with Gasteiger partial charge in [-0.3, -0.25) is 19.6 Å². The summed E-state index contributed by atoms with van der Waals surface area (Å²) in [4.78, 5) is 15.5. The maximum atomic E-state index is 12.8. The van der Waals surface area contributed by atoms with E-state index in [1.165, 1.54) is 25.2 Å². The normalized spacial score (nSPS) is 12.3. The minimum Gasteiger partial charge on any atom is -0.291 e. The van der Waals surface area contributed by atoms with Crippen LogP contribution in [-0.2, 0) is 13.2 Å². The van der Waals surface area contributed by atoms with Crippen molar-refractivity contribution < 1.29 is 13.2 Å². The Hall–Kier alpha value is -1.73. The standard InChI is InChI=1S/C12H8Cl2F3N3O/c1-20-11(21)7(10(19-20)12(15,16)17)5-18-9-3-2-6(13)4-8(9)14/h2-5,19H,1H3. The molecule has 0 saturated heterocycles. The molecule has 0 saturated carbocycles. The smallest absolute Gasteiger partial charge is 0.291 e. The van der Waals surface area contributed by atoms with Crippen LogP contribution in [0.25, 0.3) is 0 Å². The molecule has 1 N–H and O–H groups in total. The number of halogens is 5. The number of nitrogens with one attached hydrogen (secondary N) is 1. The third kappa shape index (κ3) is 3.30. The predicted molar refractivity (Wildman–Crippen MR) is 74.8 cm³/mol. The van der Waals surface area contributed by atoms with E-state index in [1.54, 1.807) is 0 Å². The van der Waals surface area contributed by atoms with E-state index in [1.807, 2.05) is 5.10 Å². The molecule has 0 fully saturated rings. The van der Waals surface area contributed by atoms with E-state index >= 15 is 0 Å². The second kappa shape index (κ2) is 5.57. The van der Waals surface area contributed by atoms with Crippen LogP contribution in [0.5, 0.6) is 0 Å². The molecule has 0 unspecified atom stereocenters. The number of aromatic amines is 1. The minimum atomic E-state index is -4.69. The number of aliphatic imine (C=N–C) groups is 1. The van der Waals surface area contributed by atoms with Gasteiger partial charge >= 0.3 is 6.18 Å². The molecule has 4 nitrogen and oxygen atoms in total. The topological polar surface area (TPSA) is 50.1 Å². The second-order valence-electron chi connectivity index (χ2n) is 4.12. The molecular weight excluding hydrogens is 330 g/mol. The SMILES string of the molecule is Cn1[nH]c(C(F)(F)F)c(C=Nc2ccc(Cl)cc2Cl)c1=O. The summed E-state index contributed by atoms with van der Waals surface area (Å²) < 4.78 is 39.2. The molecule has 0 radical (unpaired) electrons. The molecule has 0 atom stereocenters. The minimum absolute atomic E-state index is 0.166. The van der Waals surface area contributed by atoms with Gasteiger partial charge in [0.25, 0.3) is 5.56 Å². The van der Waals surface area contributed by atoms with Gasteiger partial charge < -0.3 is 0 Å². The number of hydrogen-bond acceptors (Lipinski definition) is 2. The van der Waals surface area contributed by atoms with Crippen molar-refractivity contribution in [3.8, 4) is 0 Å². The van der Waals surface area contributed by atoms with E-state index in [-0.39, 0.29) is 10.7 Å². The summed E-state index contributed by atoms with van der Waals surface area (Å²) in [6, 6.07) is 4.32. The van der Waals surface area contributed by atoms with E-state index in [4.69, 9.17) is 23.2 Å². The monoisotopic (exact) mass is 337 g/mol. The number of alkyl halides is 3. The molecule has 0 amide bonds. The zero-order valence-electron chi connectivity index (χ0n) is 10.5. The lowest BCUT2D eigenvalue weighted by molar-refractivity contribution is -0.141. The quantitative estimate of drug-likeness (QED) is 0.833. The first-order valence-electron chi connectivity index (χ1n) is 5.55. The first kappa shape index (κ1) is 15.7. The van der Waals surface area contributed by atoms with E-state index in [0.717, 1.165) is 10.9 Å². The first-order valence-corrected chi connectivity index (χ1v) is 6.31. The summed E-state index contributed by atoms with van der Waals surface area (Å²) in [7, 11) is 1.18. The van der Waals surface area contributed by atoms with Crippen LogP contribution >= 0.6 is 23.2 Å². The van der Waals surface area contributed by atoms with Crippen molar-refractivity contribution in [2.45, 2.75) is 6.18 Å². The molecule has 1 aromatic carbocycles. The molecule has 0 aliphatic carbocycles. The van der Waals surface area contributed by atoms with Crippen LogP contribution in [-0.4, -0.2) is 16.0 Å². The van der Waals surface area contributed by atoms with E-state index in [9.17, 15) is 18.0 Å². The van der Waals surface area contributed by atoms with Crippen molar-refractivity contribution in [1.82, 2.24) is 9.78 Å². The Morgan fingerprint density at radius 3 is 2.57 bits per heavy atom. The number of hydrogen-bond donors (Lipinski definition) is 1. The average molecular weight is 338 g/mol. The molecule has 2 aromatic rings. The molecule has 112 valence electrons. The number of rotatable bonds is 2. The number of benzene rings is 1. The van der Waals surface area contributed by atoms with Crippen LogP contribution in [0.4, 0.5) is 18.9 Å². The van der Waals surface area contributed by atoms with Crippen LogP contribution in [0.3, 0.4) is 0 Å². The first-order chi connectivity index (χ1) is 9.70. The highest BCUT2D eigenvalue weighted by molar-refractivity contribution is 6.36. The fourth-order valence-corrected chi connectivity index (χ4v) is 2.08. The lowest BCUT2D eigenvalue weighted by Crippen LogP contribution is -2.15. The van der Waals surface area contributed by atoms with Crippen molar-refractivity contribution in [2.75, 3.05) is 0 Å². The molecule has 9 heteroatoms. The Morgan fingerprint density at radius 2 is 2.00 bits per heavy atom. The Bertz CT molecular complexity index is 762. The largest absolute Gasteiger partial charge is 0.433 e. The van der Waals surface area contributed by atoms with Crippen LogP contribution in [0.1, 0.15) is 11.3 Å². The maximum absolute atomic E-state index is 12.8. The van der Waals surface area contributed by atoms with Gasteiger partial charge in [0.1, 0.15) is 0 Å². The summed E-state index contributed by atoms with van der Waals surface area (Å²) >= 11 is 11.6. The molecule has 0 spiro atoms. The number of aromatic nitrogens is 2. The highest BCUT2D eigenvalue weighted by Crippen LogP contribution is 2.30. The van der Waals surface area contributed by atoms with Gasteiger partial charge in [-0.2, -0.15) is 13.2 Å². The van der Waals surface area contributed by atoms with Crippen molar-refractivity contribution in [3.63, 3.8) is 0 Å². The van der Waals surface area contributed by atoms with Gasteiger partial charge in [-0.05, 0) is 18.2 Å². The highest BCUT2D eigenvalue weighted by atomic mass is 35.5. The molecule has 0 bridgehead atoms. The van der Waals surface area contributed by atoms with Crippen molar-refractivity contribution >= 4 is 35.1 Å². The zero-order valence-corrected chi connectivity index (χ0v) is 12.0. The highest BCUT2D eigenvalue weighted by Gasteiger charge is 2.37. The van der Waals surface area contributed by atoms with Crippen molar-refractivity contribution in [3.05, 3.63) is 49.9 Å². The lowest BCUT2D eigenvalue weighted by atomic mass is 10.2. The zero-order chi connectivity index (χ0) is 15.8. The van der Waals surface area contributed by atoms with Crippen LogP contribution in [0.2, 0.25) is 10.0 Å². The molecule has 2 rings (SSSR count). The summed E-state index contributed by atoms with van der Waals surface area (Å²) in [5.74, 6) is 0. The van der Waals surface area contributed by atoms with Gasteiger partial charge in [-0.1, -0.05) is 23.2 Å². The van der Waals surface area contributed by atoms with Crippen molar-refractivity contribution in [2.24, 2.45) is 12.0 Å². The Kier molecular flexibility index (Phi) is 4.15. The molecular formula is C12H8Cl2F3N3O. The lowest BCUT2D eigenvalue weighted by Gasteiger charge is -2.03. The van der Waals surface area contributed by atoms with Gasteiger partial charge in [0.2, 0.25) is 0 Å². The van der Waals surface area contributed by atoms with Crippen LogP contribution in [0, 0.1) is 0 Å². The summed E-state index contributed by atoms with van der Waals surface area (Å²) in [6.07, 6.45) is -3.86. The molecule has 21 heavy (non-hydrogen) atoms. The molecule has 1 heterocycles. The van der Waals surface area contributed by atoms with E-state index < -0.39 is 23.0 Å². The third-order valence-electron chi connectivity index (χ3n) is 2.61. The molecule has 0 aliphatic rings. The number of H-pyrrole nitrogens is 1. The van der Waals surface area contributed by atoms with Gasteiger partial charge in [0.15, 0.2) is 5.69 Å². The van der Waals surface area contributed by atoms with E-state index in [2.05, 4.69) is 4.99 Å². The Balaban J connectivity index is 2.48. The summed E-state index contributed by atoms with van der Waals surface area (Å²) in [5.41, 5.74) is -2.38. The van der Waals surface area contributed by atoms with E-state index in [0.29, 0.717) is 5.02 Å².